The maximum Gasteiger partial charge on any atom is 0.341 e. The molecule has 2 aliphatic heterocycles. The fourth-order valence-electron chi connectivity index (χ4n) is 7.74. The first-order chi connectivity index (χ1) is 20.6. The van der Waals surface area contributed by atoms with Crippen LogP contribution in [0.5, 0.6) is 11.5 Å². The number of nitrogens with one attached hydrogen (secondary N) is 1. The molecule has 3 fully saturated rings. The van der Waals surface area contributed by atoms with Crippen molar-refractivity contribution >= 4 is 22.7 Å². The number of piperidine rings is 1. The second-order valence-electron chi connectivity index (χ2n) is 12.4. The van der Waals surface area contributed by atoms with Crippen molar-refractivity contribution in [3.63, 3.8) is 0 Å². The molecule has 0 amide bonds. The number of esters is 1. The Balaban J connectivity index is 1.03. The first kappa shape index (κ1) is 27.0. The van der Waals surface area contributed by atoms with Crippen LogP contribution < -0.4 is 9.64 Å². The van der Waals surface area contributed by atoms with E-state index in [1.807, 2.05) is 36.5 Å². The van der Waals surface area contributed by atoms with Gasteiger partial charge in [0.25, 0.3) is 0 Å². The molecule has 218 valence electrons. The zero-order valence-corrected chi connectivity index (χ0v) is 24.6. The number of carbonyl (C=O) groups excluding carboxylic acids is 1. The predicted molar refractivity (Wildman–Crippen MR) is 165 cm³/mol. The average Bonchev–Trinajstić information content (AvgIpc) is 3.69. The van der Waals surface area contributed by atoms with Crippen LogP contribution >= 0.6 is 0 Å². The number of anilines is 1. The first-order valence-corrected chi connectivity index (χ1v) is 15.5. The number of H-pyrrole nitrogens is 1. The summed E-state index contributed by atoms with van der Waals surface area (Å²) >= 11 is 0. The number of fused-ring (bicyclic) bond motifs is 1. The van der Waals surface area contributed by atoms with E-state index < -0.39 is 5.97 Å². The summed E-state index contributed by atoms with van der Waals surface area (Å²) in [5.41, 5.74) is 5.83. The molecule has 7 nitrogen and oxygen atoms in total. The third-order valence-corrected chi connectivity index (χ3v) is 10.1. The summed E-state index contributed by atoms with van der Waals surface area (Å²) in [5, 5.41) is 0.957. The van der Waals surface area contributed by atoms with Crippen LogP contribution in [0.1, 0.15) is 73.0 Å². The number of carbonyl (C=O) groups is 1. The molecular weight excluding hydrogens is 524 g/mol. The largest absolute Gasteiger partial charge is 0.465 e. The second-order valence-corrected chi connectivity index (χ2v) is 12.4. The second kappa shape index (κ2) is 11.1. The molecule has 2 saturated heterocycles. The van der Waals surface area contributed by atoms with Gasteiger partial charge >= 0.3 is 5.97 Å². The average molecular weight is 565 g/mol. The zero-order valence-electron chi connectivity index (χ0n) is 24.6. The molecule has 1 aliphatic carbocycles. The number of methoxy groups -OCH3 is 1. The Morgan fingerprint density at radius 2 is 1.90 bits per heavy atom. The maximum absolute atomic E-state index is 12.6. The van der Waals surface area contributed by atoms with Crippen LogP contribution in [0.3, 0.4) is 0 Å². The third-order valence-electron chi connectivity index (χ3n) is 10.1. The van der Waals surface area contributed by atoms with E-state index in [0.29, 0.717) is 34.6 Å². The molecule has 4 heterocycles. The molecular formula is C35H40N4O3. The van der Waals surface area contributed by atoms with Crippen LogP contribution in [0.25, 0.3) is 11.0 Å². The number of aromatic amines is 1. The Bertz CT molecular complexity index is 1580. The van der Waals surface area contributed by atoms with Gasteiger partial charge in [0.15, 0.2) is 0 Å². The normalized spacial score (nSPS) is 20.6. The van der Waals surface area contributed by atoms with Crippen LogP contribution in [0.4, 0.5) is 5.69 Å². The summed E-state index contributed by atoms with van der Waals surface area (Å²) in [7, 11) is 1.40. The van der Waals surface area contributed by atoms with E-state index in [4.69, 9.17) is 9.47 Å². The van der Waals surface area contributed by atoms with Crippen LogP contribution in [0.15, 0.2) is 67.0 Å². The lowest BCUT2D eigenvalue weighted by Crippen LogP contribution is -2.54. The minimum Gasteiger partial charge on any atom is -0.465 e. The number of nitrogens with zero attached hydrogens (tertiary/aromatic N) is 3. The summed E-state index contributed by atoms with van der Waals surface area (Å²) in [6.45, 7) is 5.55. The molecule has 0 bridgehead atoms. The minimum absolute atomic E-state index is 0.410. The lowest BCUT2D eigenvalue weighted by Gasteiger charge is -2.56. The van der Waals surface area contributed by atoms with Crippen molar-refractivity contribution in [1.29, 1.82) is 0 Å². The minimum atomic E-state index is -0.410. The van der Waals surface area contributed by atoms with Gasteiger partial charge in [-0.3, -0.25) is 4.90 Å². The van der Waals surface area contributed by atoms with Crippen molar-refractivity contribution in [3.05, 3.63) is 83.7 Å². The van der Waals surface area contributed by atoms with E-state index in [2.05, 4.69) is 51.0 Å². The van der Waals surface area contributed by atoms with E-state index >= 15 is 0 Å². The topological polar surface area (TPSA) is 70.7 Å². The number of hydrogen-bond donors (Lipinski definition) is 1. The fourth-order valence-corrected chi connectivity index (χ4v) is 7.74. The van der Waals surface area contributed by atoms with Gasteiger partial charge in [-0.1, -0.05) is 31.2 Å². The van der Waals surface area contributed by atoms with Crippen molar-refractivity contribution in [3.8, 4) is 11.5 Å². The summed E-state index contributed by atoms with van der Waals surface area (Å²) in [5.74, 6) is 0.670. The number of hydrogen-bond acceptors (Lipinski definition) is 6. The molecule has 1 spiro atoms. The van der Waals surface area contributed by atoms with Crippen molar-refractivity contribution in [2.45, 2.75) is 64.0 Å². The van der Waals surface area contributed by atoms with Crippen molar-refractivity contribution in [1.82, 2.24) is 14.9 Å². The smallest absolute Gasteiger partial charge is 0.341 e. The van der Waals surface area contributed by atoms with Gasteiger partial charge in [-0.05, 0) is 92.3 Å². The van der Waals surface area contributed by atoms with Crippen LogP contribution in [0, 0.1) is 5.41 Å². The van der Waals surface area contributed by atoms with Gasteiger partial charge in [0, 0.05) is 48.5 Å². The van der Waals surface area contributed by atoms with Gasteiger partial charge in [-0.15, -0.1) is 0 Å². The standard InChI is InChI=1S/C35H40N4O3/c1-3-24-7-4-5-8-29(24)31-9-6-16-39(31)27-21-35(22-27)13-17-38(18-14-35)26-10-11-30(34(40)41-2)32(20-26)42-28-19-25-12-15-36-33(25)37-23-28/h4-5,7-8,10-12,15,19-20,23,27,31H,3,6,9,13-14,16-18,21-22H2,1-2H3,(H,36,37)/t31-/m0/s1. The summed E-state index contributed by atoms with van der Waals surface area (Å²) in [4.78, 5) is 25.4. The molecule has 3 aliphatic rings. The number of ether oxygens (including phenoxy) is 2. The molecule has 0 radical (unpaired) electrons. The van der Waals surface area contributed by atoms with E-state index in [0.717, 1.165) is 36.2 Å². The summed E-state index contributed by atoms with van der Waals surface area (Å²) in [6, 6.07) is 20.1. The lowest BCUT2D eigenvalue weighted by molar-refractivity contribution is -0.0227. The highest BCUT2D eigenvalue weighted by Crippen LogP contribution is 2.54. The van der Waals surface area contributed by atoms with Gasteiger partial charge < -0.3 is 19.4 Å². The van der Waals surface area contributed by atoms with Gasteiger partial charge in [0.05, 0.1) is 13.3 Å². The maximum atomic E-state index is 12.6. The molecule has 42 heavy (non-hydrogen) atoms. The number of rotatable bonds is 7. The highest BCUT2D eigenvalue weighted by molar-refractivity contribution is 5.93. The number of aryl methyl sites for hydroxylation is 1. The first-order valence-electron chi connectivity index (χ1n) is 15.5. The van der Waals surface area contributed by atoms with Gasteiger partial charge in [-0.25, -0.2) is 9.78 Å². The van der Waals surface area contributed by atoms with Gasteiger partial charge in [0.1, 0.15) is 22.7 Å². The third kappa shape index (κ3) is 4.94. The van der Waals surface area contributed by atoms with Crippen molar-refractivity contribution in [2.24, 2.45) is 5.41 Å². The quantitative estimate of drug-likeness (QED) is 0.238. The van der Waals surface area contributed by atoms with Crippen LogP contribution in [-0.4, -0.2) is 53.6 Å². The number of benzene rings is 2. The highest BCUT2D eigenvalue weighted by Gasteiger charge is 2.49. The van der Waals surface area contributed by atoms with Crippen molar-refractivity contribution in [2.75, 3.05) is 31.6 Å². The molecule has 4 aromatic rings. The number of aromatic nitrogens is 2. The lowest BCUT2D eigenvalue weighted by atomic mass is 9.59. The Morgan fingerprint density at radius 3 is 2.71 bits per heavy atom. The van der Waals surface area contributed by atoms with Crippen molar-refractivity contribution < 1.29 is 14.3 Å². The van der Waals surface area contributed by atoms with E-state index in [1.54, 1.807) is 11.8 Å². The highest BCUT2D eigenvalue weighted by atomic mass is 16.5. The molecule has 1 N–H and O–H groups in total. The van der Waals surface area contributed by atoms with E-state index in [9.17, 15) is 4.79 Å². The Labute approximate surface area is 247 Å². The molecule has 1 saturated carbocycles. The Hall–Kier alpha value is -3.84. The molecule has 0 unspecified atom stereocenters. The van der Waals surface area contributed by atoms with Gasteiger partial charge in [-0.2, -0.15) is 0 Å². The van der Waals surface area contributed by atoms with E-state index in [-0.39, 0.29) is 0 Å². The molecule has 7 heteroatoms. The van der Waals surface area contributed by atoms with Gasteiger partial charge in [0.2, 0.25) is 0 Å². The Kier molecular flexibility index (Phi) is 7.14. The summed E-state index contributed by atoms with van der Waals surface area (Å²) in [6.07, 6.45) is 12.3. The fraction of sp³-hybridized carbons (Fsp3) is 0.429. The molecule has 7 rings (SSSR count). The molecule has 1 atom stereocenters. The SMILES string of the molecule is CCc1ccccc1[C@@H]1CCCN1C1CC2(CCN(c3ccc(C(=O)OC)c(Oc4cnc5[nH]ccc5c4)c3)CC2)C1. The van der Waals surface area contributed by atoms with E-state index in [1.165, 1.54) is 57.7 Å². The van der Waals surface area contributed by atoms with Crippen LogP contribution in [-0.2, 0) is 11.2 Å². The number of likely N-dealkylation sites (tertiary alicyclic amines) is 1. The molecule has 2 aromatic heterocycles. The molecule has 2 aromatic carbocycles. The monoisotopic (exact) mass is 564 g/mol. The predicted octanol–water partition coefficient (Wildman–Crippen LogP) is 7.29. The van der Waals surface area contributed by atoms with Crippen LogP contribution in [0.2, 0.25) is 0 Å². The Morgan fingerprint density at radius 1 is 1.07 bits per heavy atom. The summed E-state index contributed by atoms with van der Waals surface area (Å²) < 4.78 is 11.3. The number of pyridine rings is 1. The zero-order chi connectivity index (χ0) is 28.7.